The second kappa shape index (κ2) is 3.67. The minimum absolute atomic E-state index is 0.335. The van der Waals surface area contributed by atoms with Crippen LogP contribution in [0.3, 0.4) is 0 Å². The molecule has 2 aromatic heterocycles. The highest BCUT2D eigenvalue weighted by atomic mass is 32.1. The molecule has 2 heterocycles. The molecule has 0 radical (unpaired) electrons. The Kier molecular flexibility index (Phi) is 2.37. The highest BCUT2D eigenvalue weighted by Gasteiger charge is 2.14. The molecule has 2 aromatic rings. The molecule has 3 nitrogen and oxygen atoms in total. The van der Waals surface area contributed by atoms with Crippen LogP contribution in [0.2, 0.25) is 0 Å². The Morgan fingerprint density at radius 1 is 1.50 bits per heavy atom. The van der Waals surface area contributed by atoms with Crippen molar-refractivity contribution in [3.63, 3.8) is 0 Å². The number of hydrogen-bond acceptors (Lipinski definition) is 3. The Bertz CT molecular complexity index is 431. The van der Waals surface area contributed by atoms with E-state index >= 15 is 0 Å². The molecule has 0 amide bonds. The van der Waals surface area contributed by atoms with E-state index in [-0.39, 0.29) is 5.97 Å². The lowest BCUT2D eigenvalue weighted by Crippen LogP contribution is -2.02. The summed E-state index contributed by atoms with van der Waals surface area (Å²) in [5, 5.41) is 1.98. The van der Waals surface area contributed by atoms with Gasteiger partial charge < -0.3 is 9.72 Å². The predicted molar refractivity (Wildman–Crippen MR) is 55.4 cm³/mol. The van der Waals surface area contributed by atoms with Crippen molar-refractivity contribution in [2.75, 3.05) is 7.11 Å². The lowest BCUT2D eigenvalue weighted by molar-refractivity contribution is 0.0596. The van der Waals surface area contributed by atoms with Crippen LogP contribution in [0.15, 0.2) is 29.8 Å². The van der Waals surface area contributed by atoms with Gasteiger partial charge in [0.2, 0.25) is 0 Å². The molecular formula is C10H9NO2S. The zero-order valence-corrected chi connectivity index (χ0v) is 8.43. The molecule has 0 aliphatic heterocycles. The molecule has 0 saturated carbocycles. The summed E-state index contributed by atoms with van der Waals surface area (Å²) >= 11 is 1.59. The predicted octanol–water partition coefficient (Wildman–Crippen LogP) is 2.53. The number of rotatable bonds is 2. The van der Waals surface area contributed by atoms with Gasteiger partial charge in [0, 0.05) is 16.6 Å². The SMILES string of the molecule is COC(=O)c1[nH]ccc1-c1cccs1. The topological polar surface area (TPSA) is 42.1 Å². The van der Waals surface area contributed by atoms with Crippen molar-refractivity contribution in [1.29, 1.82) is 0 Å². The Morgan fingerprint density at radius 3 is 3.00 bits per heavy atom. The van der Waals surface area contributed by atoms with Crippen LogP contribution in [0.4, 0.5) is 0 Å². The van der Waals surface area contributed by atoms with Crippen molar-refractivity contribution in [3.8, 4) is 10.4 Å². The number of hydrogen-bond donors (Lipinski definition) is 1. The van der Waals surface area contributed by atoms with Crippen LogP contribution >= 0.6 is 11.3 Å². The summed E-state index contributed by atoms with van der Waals surface area (Å²) in [6.07, 6.45) is 1.74. The molecule has 4 heteroatoms. The lowest BCUT2D eigenvalue weighted by atomic mass is 10.2. The minimum atomic E-state index is -0.335. The number of aromatic nitrogens is 1. The molecule has 0 spiro atoms. The van der Waals surface area contributed by atoms with Crippen molar-refractivity contribution >= 4 is 17.3 Å². The maximum absolute atomic E-state index is 11.3. The van der Waals surface area contributed by atoms with Gasteiger partial charge in [0.15, 0.2) is 0 Å². The quantitative estimate of drug-likeness (QED) is 0.769. The number of aromatic amines is 1. The number of esters is 1. The summed E-state index contributed by atoms with van der Waals surface area (Å²) in [4.78, 5) is 15.3. The Morgan fingerprint density at radius 2 is 2.36 bits per heavy atom. The molecule has 14 heavy (non-hydrogen) atoms. The van der Waals surface area contributed by atoms with E-state index < -0.39 is 0 Å². The first-order chi connectivity index (χ1) is 6.83. The van der Waals surface area contributed by atoms with Crippen molar-refractivity contribution in [1.82, 2.24) is 4.98 Å². The van der Waals surface area contributed by atoms with Crippen LogP contribution in [0, 0.1) is 0 Å². The van der Waals surface area contributed by atoms with Gasteiger partial charge in [0.1, 0.15) is 5.69 Å². The summed E-state index contributed by atoms with van der Waals surface area (Å²) in [5.74, 6) is -0.335. The van der Waals surface area contributed by atoms with E-state index in [0.29, 0.717) is 5.69 Å². The second-order valence-electron chi connectivity index (χ2n) is 2.74. The van der Waals surface area contributed by atoms with E-state index in [2.05, 4.69) is 9.72 Å². The third-order valence-corrected chi connectivity index (χ3v) is 2.83. The Labute approximate surface area is 85.3 Å². The van der Waals surface area contributed by atoms with Gasteiger partial charge in [-0.25, -0.2) is 4.79 Å². The van der Waals surface area contributed by atoms with Gasteiger partial charge in [-0.3, -0.25) is 0 Å². The van der Waals surface area contributed by atoms with Gasteiger partial charge in [-0.1, -0.05) is 6.07 Å². The van der Waals surface area contributed by atoms with Crippen LogP contribution in [-0.4, -0.2) is 18.1 Å². The molecule has 1 N–H and O–H groups in total. The zero-order chi connectivity index (χ0) is 9.97. The van der Waals surface area contributed by atoms with Crippen molar-refractivity contribution in [2.24, 2.45) is 0 Å². The van der Waals surface area contributed by atoms with Gasteiger partial charge >= 0.3 is 5.97 Å². The van der Waals surface area contributed by atoms with Crippen LogP contribution in [0.25, 0.3) is 10.4 Å². The van der Waals surface area contributed by atoms with Crippen molar-refractivity contribution in [3.05, 3.63) is 35.5 Å². The highest BCUT2D eigenvalue weighted by Crippen LogP contribution is 2.27. The number of ether oxygens (including phenoxy) is 1. The van der Waals surface area contributed by atoms with Gasteiger partial charge in [0.05, 0.1) is 7.11 Å². The average Bonchev–Trinajstić information content (AvgIpc) is 2.85. The van der Waals surface area contributed by atoms with E-state index in [4.69, 9.17) is 0 Å². The maximum atomic E-state index is 11.3. The second-order valence-corrected chi connectivity index (χ2v) is 3.68. The summed E-state index contributed by atoms with van der Waals surface area (Å²) in [5.41, 5.74) is 1.40. The fourth-order valence-electron chi connectivity index (χ4n) is 1.28. The fraction of sp³-hybridized carbons (Fsp3) is 0.100. The standard InChI is InChI=1S/C10H9NO2S/c1-13-10(12)9-7(4-5-11-9)8-3-2-6-14-8/h2-6,11H,1H3. The van der Waals surface area contributed by atoms with E-state index in [1.54, 1.807) is 17.5 Å². The smallest absolute Gasteiger partial charge is 0.355 e. The summed E-state index contributed by atoms with van der Waals surface area (Å²) in [7, 11) is 1.38. The molecule has 0 aromatic carbocycles. The van der Waals surface area contributed by atoms with Crippen LogP contribution < -0.4 is 0 Å². The van der Waals surface area contributed by atoms with Crippen LogP contribution in [0.5, 0.6) is 0 Å². The maximum Gasteiger partial charge on any atom is 0.355 e. The number of thiophene rings is 1. The summed E-state index contributed by atoms with van der Waals surface area (Å²) < 4.78 is 4.67. The van der Waals surface area contributed by atoms with Gasteiger partial charge in [-0.05, 0) is 17.5 Å². The molecule has 0 unspecified atom stereocenters. The summed E-state index contributed by atoms with van der Waals surface area (Å²) in [6.45, 7) is 0. The number of H-pyrrole nitrogens is 1. The third kappa shape index (κ3) is 1.44. The fourth-order valence-corrected chi connectivity index (χ4v) is 2.04. The minimum Gasteiger partial charge on any atom is -0.464 e. The van der Waals surface area contributed by atoms with E-state index in [1.807, 2.05) is 23.6 Å². The number of nitrogens with one attached hydrogen (secondary N) is 1. The lowest BCUT2D eigenvalue weighted by Gasteiger charge is -1.99. The zero-order valence-electron chi connectivity index (χ0n) is 7.61. The molecule has 0 bridgehead atoms. The van der Waals surface area contributed by atoms with Crippen LogP contribution in [0.1, 0.15) is 10.5 Å². The normalized spacial score (nSPS) is 10.1. The van der Waals surface area contributed by atoms with Crippen molar-refractivity contribution in [2.45, 2.75) is 0 Å². The van der Waals surface area contributed by atoms with Gasteiger partial charge in [-0.15, -0.1) is 11.3 Å². The number of carbonyl (C=O) groups is 1. The largest absolute Gasteiger partial charge is 0.464 e. The summed E-state index contributed by atoms with van der Waals surface area (Å²) in [6, 6.07) is 5.80. The molecular weight excluding hydrogens is 198 g/mol. The first-order valence-electron chi connectivity index (χ1n) is 4.12. The Balaban J connectivity index is 2.45. The first kappa shape index (κ1) is 9.02. The molecule has 0 saturated heterocycles. The number of methoxy groups -OCH3 is 1. The Hall–Kier alpha value is -1.55. The van der Waals surface area contributed by atoms with Crippen LogP contribution in [-0.2, 0) is 4.74 Å². The third-order valence-electron chi connectivity index (χ3n) is 1.92. The van der Waals surface area contributed by atoms with E-state index in [0.717, 1.165) is 10.4 Å². The molecule has 0 aliphatic rings. The monoisotopic (exact) mass is 207 g/mol. The molecule has 72 valence electrons. The van der Waals surface area contributed by atoms with Gasteiger partial charge in [-0.2, -0.15) is 0 Å². The molecule has 2 rings (SSSR count). The molecule has 0 atom stereocenters. The first-order valence-corrected chi connectivity index (χ1v) is 5.00. The van der Waals surface area contributed by atoms with Crippen molar-refractivity contribution < 1.29 is 9.53 Å². The highest BCUT2D eigenvalue weighted by molar-refractivity contribution is 7.13. The molecule has 0 fully saturated rings. The average molecular weight is 207 g/mol. The number of carbonyl (C=O) groups excluding carboxylic acids is 1. The van der Waals surface area contributed by atoms with E-state index in [1.165, 1.54) is 7.11 Å². The van der Waals surface area contributed by atoms with Gasteiger partial charge in [0.25, 0.3) is 0 Å². The van der Waals surface area contributed by atoms with E-state index in [9.17, 15) is 4.79 Å². The molecule has 0 aliphatic carbocycles.